The molecule has 0 saturated carbocycles. The molecule has 0 aromatic heterocycles. The predicted molar refractivity (Wildman–Crippen MR) is 49.8 cm³/mol. The summed E-state index contributed by atoms with van der Waals surface area (Å²) in [5, 5.41) is 37.3. The van der Waals surface area contributed by atoms with Gasteiger partial charge in [0, 0.05) is 6.92 Å². The maximum atomic E-state index is 10.9. The average molecular weight is 250 g/mol. The zero-order valence-corrected chi connectivity index (χ0v) is 9.02. The Morgan fingerprint density at radius 3 is 2.53 bits per heavy atom. The van der Waals surface area contributed by atoms with Gasteiger partial charge in [-0.25, -0.2) is 4.79 Å². The lowest BCUT2D eigenvalue weighted by Gasteiger charge is -2.47. The highest BCUT2D eigenvalue weighted by atomic mass is 16.8. The second-order valence-electron chi connectivity index (χ2n) is 4.19. The lowest BCUT2D eigenvalue weighted by atomic mass is 9.97. The van der Waals surface area contributed by atoms with Gasteiger partial charge in [-0.2, -0.15) is 0 Å². The standard InChI is InChI=1S/C9H14O8/c1-9(8(13)14)15-2-3-6(17-9)4(10)5(11)7(12)16-3/h3-7,10-12H,2H2,1H3,(H,13,14)/t3-,4-,5-,6+,7+,9-/m1/s1. The van der Waals surface area contributed by atoms with Crippen molar-refractivity contribution in [3.8, 4) is 0 Å². The number of carboxylic acids is 1. The van der Waals surface area contributed by atoms with Gasteiger partial charge in [-0.1, -0.05) is 0 Å². The van der Waals surface area contributed by atoms with Crippen molar-refractivity contribution in [2.45, 2.75) is 43.4 Å². The highest BCUT2D eigenvalue weighted by molar-refractivity contribution is 5.75. The fourth-order valence-electron chi connectivity index (χ4n) is 1.85. The van der Waals surface area contributed by atoms with E-state index in [-0.39, 0.29) is 6.61 Å². The Labute approximate surface area is 96.3 Å². The van der Waals surface area contributed by atoms with Crippen molar-refractivity contribution >= 4 is 5.97 Å². The van der Waals surface area contributed by atoms with Gasteiger partial charge in [0.05, 0.1) is 6.61 Å². The van der Waals surface area contributed by atoms with Crippen molar-refractivity contribution in [3.05, 3.63) is 0 Å². The molecule has 0 aliphatic carbocycles. The monoisotopic (exact) mass is 250 g/mol. The first-order chi connectivity index (χ1) is 7.85. The summed E-state index contributed by atoms with van der Waals surface area (Å²) in [5.41, 5.74) is 0. The van der Waals surface area contributed by atoms with E-state index in [4.69, 9.17) is 19.3 Å². The van der Waals surface area contributed by atoms with Crippen LogP contribution < -0.4 is 0 Å². The molecular weight excluding hydrogens is 236 g/mol. The van der Waals surface area contributed by atoms with Gasteiger partial charge >= 0.3 is 5.97 Å². The number of fused-ring (bicyclic) bond motifs is 1. The van der Waals surface area contributed by atoms with Gasteiger partial charge in [-0.15, -0.1) is 0 Å². The minimum absolute atomic E-state index is 0.158. The number of aliphatic carboxylic acids is 1. The molecule has 2 aliphatic heterocycles. The van der Waals surface area contributed by atoms with Gasteiger partial charge in [-0.3, -0.25) is 0 Å². The maximum absolute atomic E-state index is 10.9. The Balaban J connectivity index is 2.16. The molecule has 0 bridgehead atoms. The van der Waals surface area contributed by atoms with E-state index >= 15 is 0 Å². The van der Waals surface area contributed by atoms with Crippen LogP contribution in [0.5, 0.6) is 0 Å². The van der Waals surface area contributed by atoms with Crippen LogP contribution in [0.2, 0.25) is 0 Å². The summed E-state index contributed by atoms with van der Waals surface area (Å²) in [6, 6.07) is 0. The summed E-state index contributed by atoms with van der Waals surface area (Å²) in [6.45, 7) is 1.03. The number of rotatable bonds is 1. The predicted octanol–water partition coefficient (Wildman–Crippen LogP) is -2.36. The zero-order valence-electron chi connectivity index (χ0n) is 9.02. The summed E-state index contributed by atoms with van der Waals surface area (Å²) in [6.07, 6.45) is -6.43. The van der Waals surface area contributed by atoms with E-state index in [1.165, 1.54) is 6.92 Å². The van der Waals surface area contributed by atoms with Gasteiger partial charge in [0.25, 0.3) is 5.79 Å². The smallest absolute Gasteiger partial charge is 0.364 e. The molecule has 6 atom stereocenters. The third-order valence-electron chi connectivity index (χ3n) is 2.93. The highest BCUT2D eigenvalue weighted by Gasteiger charge is 2.53. The molecular formula is C9H14O8. The van der Waals surface area contributed by atoms with E-state index in [2.05, 4.69) is 0 Å². The van der Waals surface area contributed by atoms with Crippen LogP contribution in [-0.4, -0.2) is 69.5 Å². The molecule has 0 aromatic carbocycles. The first-order valence-electron chi connectivity index (χ1n) is 5.10. The van der Waals surface area contributed by atoms with Crippen molar-refractivity contribution in [2.24, 2.45) is 0 Å². The summed E-state index contributed by atoms with van der Waals surface area (Å²) in [4.78, 5) is 10.9. The molecule has 4 N–H and O–H groups in total. The highest BCUT2D eigenvalue weighted by Crippen LogP contribution is 2.32. The number of carbonyl (C=O) groups is 1. The fourth-order valence-corrected chi connectivity index (χ4v) is 1.85. The zero-order chi connectivity index (χ0) is 12.8. The van der Waals surface area contributed by atoms with Crippen molar-refractivity contribution in [1.29, 1.82) is 0 Å². The molecule has 2 fully saturated rings. The minimum atomic E-state index is -1.90. The third-order valence-corrected chi connectivity index (χ3v) is 2.93. The van der Waals surface area contributed by atoms with Crippen molar-refractivity contribution in [3.63, 3.8) is 0 Å². The van der Waals surface area contributed by atoms with Crippen LogP contribution in [-0.2, 0) is 19.0 Å². The van der Waals surface area contributed by atoms with E-state index in [9.17, 15) is 20.1 Å². The third kappa shape index (κ3) is 2.03. The van der Waals surface area contributed by atoms with E-state index in [0.717, 1.165) is 0 Å². The molecule has 0 amide bonds. The van der Waals surface area contributed by atoms with Crippen LogP contribution >= 0.6 is 0 Å². The van der Waals surface area contributed by atoms with Crippen LogP contribution in [0.25, 0.3) is 0 Å². The molecule has 2 saturated heterocycles. The fraction of sp³-hybridized carbons (Fsp3) is 0.889. The molecule has 0 aromatic rings. The number of ether oxygens (including phenoxy) is 3. The Morgan fingerprint density at radius 2 is 1.94 bits per heavy atom. The van der Waals surface area contributed by atoms with E-state index in [0.29, 0.717) is 0 Å². The topological polar surface area (TPSA) is 126 Å². The quantitative estimate of drug-likeness (QED) is 0.407. The number of hydrogen-bond donors (Lipinski definition) is 4. The van der Waals surface area contributed by atoms with Crippen LogP contribution in [0.4, 0.5) is 0 Å². The van der Waals surface area contributed by atoms with Gasteiger partial charge in [0.1, 0.15) is 24.4 Å². The van der Waals surface area contributed by atoms with Crippen molar-refractivity contribution in [1.82, 2.24) is 0 Å². The SMILES string of the molecule is C[C@@]1(C(=O)O)OC[C@H]2O[C@H](O)[C@H](O)[C@@H](O)[C@H]2O1. The summed E-state index contributed by atoms with van der Waals surface area (Å²) in [5.74, 6) is -3.24. The first-order valence-corrected chi connectivity index (χ1v) is 5.10. The molecule has 8 nitrogen and oxygen atoms in total. The van der Waals surface area contributed by atoms with E-state index < -0.39 is 42.5 Å². The molecule has 0 spiro atoms. The summed E-state index contributed by atoms with van der Waals surface area (Å²) < 4.78 is 15.0. The van der Waals surface area contributed by atoms with Crippen molar-refractivity contribution in [2.75, 3.05) is 6.61 Å². The van der Waals surface area contributed by atoms with Gasteiger partial charge in [0.2, 0.25) is 0 Å². The Morgan fingerprint density at radius 1 is 1.29 bits per heavy atom. The maximum Gasteiger partial charge on any atom is 0.364 e. The largest absolute Gasteiger partial charge is 0.477 e. The van der Waals surface area contributed by atoms with E-state index in [1.54, 1.807) is 0 Å². The molecule has 8 heteroatoms. The van der Waals surface area contributed by atoms with Crippen LogP contribution in [0.15, 0.2) is 0 Å². The van der Waals surface area contributed by atoms with Crippen LogP contribution in [0, 0.1) is 0 Å². The van der Waals surface area contributed by atoms with E-state index in [1.807, 2.05) is 0 Å². The number of aliphatic hydroxyl groups is 3. The second kappa shape index (κ2) is 4.16. The molecule has 17 heavy (non-hydrogen) atoms. The van der Waals surface area contributed by atoms with Crippen LogP contribution in [0.1, 0.15) is 6.92 Å². The molecule has 2 heterocycles. The number of aliphatic hydroxyl groups excluding tert-OH is 3. The first kappa shape index (κ1) is 12.7. The van der Waals surface area contributed by atoms with Gasteiger partial charge in [0.15, 0.2) is 6.29 Å². The summed E-state index contributed by atoms with van der Waals surface area (Å²) in [7, 11) is 0. The average Bonchev–Trinajstić information content (AvgIpc) is 2.27. The van der Waals surface area contributed by atoms with Crippen molar-refractivity contribution < 1.29 is 39.4 Å². The Kier molecular flexibility index (Phi) is 3.10. The lowest BCUT2D eigenvalue weighted by molar-refractivity contribution is -0.373. The Hall–Kier alpha value is -0.770. The molecule has 2 rings (SSSR count). The molecule has 0 radical (unpaired) electrons. The molecule has 98 valence electrons. The number of hydrogen-bond acceptors (Lipinski definition) is 7. The normalized spacial score (nSPS) is 50.7. The Bertz CT molecular complexity index is 318. The van der Waals surface area contributed by atoms with Gasteiger partial charge < -0.3 is 34.6 Å². The molecule has 0 unspecified atom stereocenters. The number of carboxylic acid groups (broad SMARTS) is 1. The minimum Gasteiger partial charge on any atom is -0.477 e. The molecule has 2 aliphatic rings. The second-order valence-corrected chi connectivity index (χ2v) is 4.19. The summed E-state index contributed by atoms with van der Waals surface area (Å²) >= 11 is 0. The lowest BCUT2D eigenvalue weighted by Crippen LogP contribution is -2.66. The van der Waals surface area contributed by atoms with Crippen LogP contribution in [0.3, 0.4) is 0 Å². The van der Waals surface area contributed by atoms with Gasteiger partial charge in [-0.05, 0) is 0 Å².